The molecule has 0 aliphatic heterocycles. The molecule has 3 N–H and O–H groups in total. The molecular weight excluding hydrogens is 238 g/mol. The van der Waals surface area contributed by atoms with Gasteiger partial charge in [-0.1, -0.05) is 32.1 Å². The molecule has 0 aliphatic rings. The fourth-order valence-electron chi connectivity index (χ4n) is 1.51. The number of aromatic nitrogens is 4. The second kappa shape index (κ2) is 4.32. The van der Waals surface area contributed by atoms with Gasteiger partial charge in [-0.25, -0.2) is 0 Å². The number of nitrogens with two attached hydrogens (primary N) is 1. The molecule has 2 aromatic heterocycles. The van der Waals surface area contributed by atoms with Gasteiger partial charge in [-0.3, -0.25) is 0 Å². The molecule has 1 unspecified atom stereocenters. The van der Waals surface area contributed by atoms with E-state index < -0.39 is 0 Å². The van der Waals surface area contributed by atoms with E-state index in [0.29, 0.717) is 6.42 Å². The second-order valence-corrected chi connectivity index (χ2v) is 6.01. The van der Waals surface area contributed by atoms with Crippen molar-refractivity contribution in [3.05, 3.63) is 10.8 Å². The summed E-state index contributed by atoms with van der Waals surface area (Å²) in [6.45, 7) is 6.26. The van der Waals surface area contributed by atoms with Gasteiger partial charge < -0.3 is 10.8 Å². The number of hydrogen-bond donors (Lipinski definition) is 2. The highest BCUT2D eigenvalue weighted by atomic mass is 32.1. The molecule has 0 spiro atoms. The highest BCUT2D eigenvalue weighted by Gasteiger charge is 2.24. The van der Waals surface area contributed by atoms with Crippen LogP contribution in [0.4, 0.5) is 0 Å². The molecule has 7 heteroatoms. The average Bonchev–Trinajstić information content (AvgIpc) is 2.73. The van der Waals surface area contributed by atoms with Crippen LogP contribution in [-0.4, -0.2) is 31.5 Å². The Hall–Kier alpha value is -1.05. The van der Waals surface area contributed by atoms with Gasteiger partial charge in [0.2, 0.25) is 4.96 Å². The smallest absolute Gasteiger partial charge is 0.234 e. The topological polar surface area (TPSA) is 89.3 Å². The largest absolute Gasteiger partial charge is 0.396 e. The van der Waals surface area contributed by atoms with Crippen molar-refractivity contribution in [1.82, 2.24) is 19.8 Å². The fourth-order valence-corrected chi connectivity index (χ4v) is 2.39. The van der Waals surface area contributed by atoms with Crippen LogP contribution in [0.3, 0.4) is 0 Å². The molecule has 0 amide bonds. The maximum Gasteiger partial charge on any atom is 0.234 e. The van der Waals surface area contributed by atoms with Gasteiger partial charge >= 0.3 is 0 Å². The number of hydrogen-bond acceptors (Lipinski definition) is 6. The normalized spacial score (nSPS) is 14.4. The summed E-state index contributed by atoms with van der Waals surface area (Å²) in [5, 5.41) is 22.3. The molecule has 6 nitrogen and oxygen atoms in total. The van der Waals surface area contributed by atoms with Gasteiger partial charge in [-0.05, 0) is 6.42 Å². The van der Waals surface area contributed by atoms with Crippen molar-refractivity contribution in [3.63, 3.8) is 0 Å². The van der Waals surface area contributed by atoms with Crippen molar-refractivity contribution < 1.29 is 5.11 Å². The van der Waals surface area contributed by atoms with Gasteiger partial charge in [0.25, 0.3) is 0 Å². The first-order valence-corrected chi connectivity index (χ1v) is 6.34. The molecule has 0 aliphatic carbocycles. The highest BCUT2D eigenvalue weighted by Crippen LogP contribution is 2.25. The first-order valence-electron chi connectivity index (χ1n) is 5.52. The summed E-state index contributed by atoms with van der Waals surface area (Å²) >= 11 is 1.42. The minimum atomic E-state index is -0.237. The van der Waals surface area contributed by atoms with Crippen LogP contribution in [0, 0.1) is 0 Å². The van der Waals surface area contributed by atoms with Crippen molar-refractivity contribution in [1.29, 1.82) is 0 Å². The van der Waals surface area contributed by atoms with Crippen molar-refractivity contribution in [2.75, 3.05) is 6.61 Å². The summed E-state index contributed by atoms with van der Waals surface area (Å²) in [6, 6.07) is -0.237. The number of fused-ring (bicyclic) bond motifs is 1. The third kappa shape index (κ3) is 2.31. The SMILES string of the molecule is CC(C)(C)c1nnc2sc(C(N)CCO)nn12. The van der Waals surface area contributed by atoms with Crippen LogP contribution in [0.1, 0.15) is 44.1 Å². The van der Waals surface area contributed by atoms with Crippen molar-refractivity contribution in [2.24, 2.45) is 5.73 Å². The van der Waals surface area contributed by atoms with Crippen LogP contribution in [0.2, 0.25) is 0 Å². The Balaban J connectivity index is 2.42. The Kier molecular flexibility index (Phi) is 3.15. The molecule has 17 heavy (non-hydrogen) atoms. The lowest BCUT2D eigenvalue weighted by molar-refractivity contribution is 0.276. The third-order valence-corrected chi connectivity index (χ3v) is 3.47. The van der Waals surface area contributed by atoms with Crippen LogP contribution in [0.25, 0.3) is 4.96 Å². The number of aliphatic hydroxyl groups is 1. The minimum absolute atomic E-state index is 0.0629. The van der Waals surface area contributed by atoms with Gasteiger partial charge in [0.1, 0.15) is 5.01 Å². The lowest BCUT2D eigenvalue weighted by atomic mass is 9.96. The molecule has 0 radical (unpaired) electrons. The highest BCUT2D eigenvalue weighted by molar-refractivity contribution is 7.16. The fraction of sp³-hybridized carbons (Fsp3) is 0.700. The Morgan fingerprint density at radius 3 is 2.71 bits per heavy atom. The summed E-state index contributed by atoms with van der Waals surface area (Å²) in [4.78, 5) is 0.748. The van der Waals surface area contributed by atoms with Gasteiger partial charge in [0, 0.05) is 12.0 Å². The first kappa shape index (κ1) is 12.4. The number of nitrogens with zero attached hydrogens (tertiary/aromatic N) is 4. The van der Waals surface area contributed by atoms with Gasteiger partial charge in [0.15, 0.2) is 5.82 Å². The van der Waals surface area contributed by atoms with E-state index >= 15 is 0 Å². The molecule has 1 atom stereocenters. The van der Waals surface area contributed by atoms with Gasteiger partial charge in [-0.15, -0.1) is 10.2 Å². The predicted octanol–water partition coefficient (Wildman–Crippen LogP) is 0.865. The molecule has 0 saturated heterocycles. The van der Waals surface area contributed by atoms with Crippen LogP contribution in [0.15, 0.2) is 0 Å². The van der Waals surface area contributed by atoms with E-state index in [1.54, 1.807) is 4.52 Å². The van der Waals surface area contributed by atoms with Crippen LogP contribution in [-0.2, 0) is 5.41 Å². The van der Waals surface area contributed by atoms with Crippen molar-refractivity contribution in [2.45, 2.75) is 38.6 Å². The summed E-state index contributed by atoms with van der Waals surface area (Å²) in [5.74, 6) is 0.825. The predicted molar refractivity (Wildman–Crippen MR) is 66.0 cm³/mol. The molecule has 0 aromatic carbocycles. The zero-order valence-corrected chi connectivity index (χ0v) is 11.0. The molecular formula is C10H17N5OS. The quantitative estimate of drug-likeness (QED) is 0.849. The standard InChI is InChI=1S/C10H17N5OS/c1-10(2,3)8-12-13-9-15(8)14-7(17-9)6(11)4-5-16/h6,16H,4-5,11H2,1-3H3. The van der Waals surface area contributed by atoms with E-state index in [4.69, 9.17) is 10.8 Å². The Bertz CT molecular complexity index is 512. The molecule has 0 fully saturated rings. The third-order valence-electron chi connectivity index (χ3n) is 2.43. The molecule has 2 rings (SSSR count). The van der Waals surface area contributed by atoms with E-state index in [1.807, 2.05) is 0 Å². The van der Waals surface area contributed by atoms with E-state index in [0.717, 1.165) is 15.8 Å². The van der Waals surface area contributed by atoms with E-state index in [2.05, 4.69) is 36.1 Å². The van der Waals surface area contributed by atoms with E-state index in [9.17, 15) is 0 Å². The maximum absolute atomic E-state index is 8.87. The molecule has 2 heterocycles. The molecule has 0 bridgehead atoms. The van der Waals surface area contributed by atoms with Crippen LogP contribution < -0.4 is 5.73 Å². The lowest BCUT2D eigenvalue weighted by Gasteiger charge is -2.13. The maximum atomic E-state index is 8.87. The van der Waals surface area contributed by atoms with E-state index in [-0.39, 0.29) is 18.1 Å². The Morgan fingerprint density at radius 2 is 2.12 bits per heavy atom. The van der Waals surface area contributed by atoms with Crippen LogP contribution >= 0.6 is 11.3 Å². The lowest BCUT2D eigenvalue weighted by Crippen LogP contribution is -2.17. The summed E-state index contributed by atoms with van der Waals surface area (Å²) in [5.41, 5.74) is 5.81. The Labute approximate surface area is 103 Å². The zero-order chi connectivity index (χ0) is 12.6. The van der Waals surface area contributed by atoms with E-state index in [1.165, 1.54) is 11.3 Å². The minimum Gasteiger partial charge on any atom is -0.396 e. The summed E-state index contributed by atoms with van der Waals surface area (Å²) in [6.07, 6.45) is 0.509. The Morgan fingerprint density at radius 1 is 1.41 bits per heavy atom. The average molecular weight is 255 g/mol. The van der Waals surface area contributed by atoms with Crippen molar-refractivity contribution >= 4 is 16.3 Å². The summed E-state index contributed by atoms with van der Waals surface area (Å²) in [7, 11) is 0. The van der Waals surface area contributed by atoms with Gasteiger partial charge in [-0.2, -0.15) is 9.61 Å². The summed E-state index contributed by atoms with van der Waals surface area (Å²) < 4.78 is 1.75. The number of aliphatic hydroxyl groups excluding tert-OH is 1. The monoisotopic (exact) mass is 255 g/mol. The molecule has 94 valence electrons. The second-order valence-electron chi connectivity index (χ2n) is 5.03. The molecule has 2 aromatic rings. The zero-order valence-electron chi connectivity index (χ0n) is 10.2. The van der Waals surface area contributed by atoms with Crippen molar-refractivity contribution in [3.8, 4) is 0 Å². The first-order chi connectivity index (χ1) is 7.93. The van der Waals surface area contributed by atoms with Crippen LogP contribution in [0.5, 0.6) is 0 Å². The van der Waals surface area contributed by atoms with Gasteiger partial charge in [0.05, 0.1) is 6.04 Å². The number of rotatable bonds is 3. The molecule has 0 saturated carbocycles.